The zero-order chi connectivity index (χ0) is 26.4. The van der Waals surface area contributed by atoms with Crippen LogP contribution < -0.4 is 16.7 Å². The van der Waals surface area contributed by atoms with Gasteiger partial charge in [-0.25, -0.2) is 32.3 Å². The molecule has 0 aliphatic heterocycles. The molecule has 9 nitrogen and oxygen atoms in total. The molecular formula is C22H14BrClF3N7O2S. The van der Waals surface area contributed by atoms with Gasteiger partial charge in [-0.2, -0.15) is 10.1 Å². The van der Waals surface area contributed by atoms with E-state index in [0.717, 1.165) is 9.13 Å². The minimum atomic E-state index is -1.37. The van der Waals surface area contributed by atoms with E-state index in [1.54, 1.807) is 35.4 Å². The number of fused-ring (bicyclic) bond motifs is 1. The fourth-order valence-electron chi connectivity index (χ4n) is 3.66. The van der Waals surface area contributed by atoms with Crippen molar-refractivity contribution in [3.8, 4) is 0 Å². The number of aromatic nitrogens is 6. The van der Waals surface area contributed by atoms with Gasteiger partial charge in [0.2, 0.25) is 5.95 Å². The highest BCUT2D eigenvalue weighted by Crippen LogP contribution is 2.29. The Bertz CT molecular complexity index is 1800. The lowest BCUT2D eigenvalue weighted by Crippen LogP contribution is -2.43. The number of hydrogen-bond donors (Lipinski definition) is 1. The van der Waals surface area contributed by atoms with Crippen molar-refractivity contribution >= 4 is 61.4 Å². The van der Waals surface area contributed by atoms with Crippen molar-refractivity contribution in [3.05, 3.63) is 94.5 Å². The van der Waals surface area contributed by atoms with Crippen LogP contribution in [0.4, 0.5) is 24.8 Å². The maximum absolute atomic E-state index is 14.5. The van der Waals surface area contributed by atoms with Crippen LogP contribution in [0, 0.1) is 17.5 Å². The lowest BCUT2D eigenvalue weighted by molar-refractivity contribution is 0.485. The molecule has 0 radical (unpaired) electrons. The quantitative estimate of drug-likeness (QED) is 0.285. The van der Waals surface area contributed by atoms with E-state index in [2.05, 4.69) is 36.3 Å². The molecule has 0 unspecified atom stereocenters. The molecule has 0 aliphatic carbocycles. The number of benzene rings is 2. The molecule has 37 heavy (non-hydrogen) atoms. The molecule has 0 aliphatic rings. The van der Waals surface area contributed by atoms with Gasteiger partial charge in [0.15, 0.2) is 15.6 Å². The molecule has 0 saturated carbocycles. The average molecular weight is 613 g/mol. The Balaban J connectivity index is 1.64. The Hall–Kier alpha value is -3.49. The molecule has 190 valence electrons. The molecule has 5 rings (SSSR count). The normalized spacial score (nSPS) is 11.4. The summed E-state index contributed by atoms with van der Waals surface area (Å²) in [6, 6.07) is 4.24. The minimum Gasteiger partial charge on any atom is -0.324 e. The van der Waals surface area contributed by atoms with Crippen LogP contribution in [0.15, 0.2) is 49.3 Å². The molecule has 0 saturated heterocycles. The van der Waals surface area contributed by atoms with E-state index in [-0.39, 0.29) is 28.8 Å². The van der Waals surface area contributed by atoms with Gasteiger partial charge in [0.1, 0.15) is 5.82 Å². The molecule has 2 aromatic carbocycles. The number of aryl methyl sites for hydroxylation is 1. The van der Waals surface area contributed by atoms with Gasteiger partial charge in [-0.1, -0.05) is 11.6 Å². The minimum absolute atomic E-state index is 0.211. The third-order valence-corrected chi connectivity index (χ3v) is 7.09. The number of rotatable bonds is 6. The molecule has 0 amide bonds. The predicted molar refractivity (Wildman–Crippen MR) is 136 cm³/mol. The summed E-state index contributed by atoms with van der Waals surface area (Å²) < 4.78 is 45.8. The third-order valence-electron chi connectivity index (χ3n) is 5.37. The fourth-order valence-corrected chi connectivity index (χ4v) is 4.90. The van der Waals surface area contributed by atoms with Crippen LogP contribution in [0.2, 0.25) is 5.02 Å². The van der Waals surface area contributed by atoms with Crippen molar-refractivity contribution < 1.29 is 13.2 Å². The maximum atomic E-state index is 14.5. The molecule has 0 fully saturated rings. The molecule has 1 N–H and O–H groups in total. The Morgan fingerprint density at radius 1 is 1.03 bits per heavy atom. The largest absolute Gasteiger partial charge is 0.355 e. The SMILES string of the molecule is Cn1cc2cc(Nc3nc(=O)n(Cc4csc(Br)n4)c(=O)n3Cc3cc(F)c(F)cc3F)c(Cl)cc2n1. The van der Waals surface area contributed by atoms with Gasteiger partial charge in [0.05, 0.1) is 35.0 Å². The van der Waals surface area contributed by atoms with E-state index in [4.69, 9.17) is 11.6 Å². The van der Waals surface area contributed by atoms with Gasteiger partial charge < -0.3 is 5.32 Å². The smallest absolute Gasteiger partial charge is 0.324 e. The number of hydrogen-bond acceptors (Lipinski definition) is 7. The van der Waals surface area contributed by atoms with Gasteiger partial charge >= 0.3 is 11.4 Å². The zero-order valence-corrected chi connectivity index (χ0v) is 21.8. The lowest BCUT2D eigenvalue weighted by atomic mass is 10.2. The summed E-state index contributed by atoms with van der Waals surface area (Å²) in [5.74, 6) is -4.02. The predicted octanol–water partition coefficient (Wildman–Crippen LogP) is 4.42. The summed E-state index contributed by atoms with van der Waals surface area (Å²) in [7, 11) is 1.73. The van der Waals surface area contributed by atoms with E-state index >= 15 is 0 Å². The van der Waals surface area contributed by atoms with Gasteiger partial charge in [0, 0.05) is 35.6 Å². The van der Waals surface area contributed by atoms with Crippen LogP contribution in [0.3, 0.4) is 0 Å². The second kappa shape index (κ2) is 9.76. The van der Waals surface area contributed by atoms with E-state index in [1.807, 2.05) is 0 Å². The zero-order valence-electron chi connectivity index (χ0n) is 18.7. The van der Waals surface area contributed by atoms with Crippen molar-refractivity contribution in [2.75, 3.05) is 5.32 Å². The first kappa shape index (κ1) is 25.2. The van der Waals surface area contributed by atoms with Crippen LogP contribution >= 0.6 is 38.9 Å². The summed E-state index contributed by atoms with van der Waals surface area (Å²) in [6.45, 7) is -0.777. The molecule has 3 heterocycles. The van der Waals surface area contributed by atoms with Crippen LogP contribution in [0.1, 0.15) is 11.3 Å². The van der Waals surface area contributed by atoms with Crippen LogP contribution in [-0.2, 0) is 20.1 Å². The Kier molecular flexibility index (Phi) is 6.64. The van der Waals surface area contributed by atoms with Crippen LogP contribution in [0.5, 0.6) is 0 Å². The summed E-state index contributed by atoms with van der Waals surface area (Å²) in [5, 5.41) is 9.67. The van der Waals surface area contributed by atoms with E-state index in [0.29, 0.717) is 32.6 Å². The average Bonchev–Trinajstić information content (AvgIpc) is 3.40. The Labute approximate surface area is 222 Å². The number of nitrogens with zero attached hydrogens (tertiary/aromatic N) is 6. The van der Waals surface area contributed by atoms with Crippen molar-refractivity contribution in [3.63, 3.8) is 0 Å². The van der Waals surface area contributed by atoms with Gasteiger partial charge in [-0.3, -0.25) is 9.25 Å². The summed E-state index contributed by atoms with van der Waals surface area (Å²) in [4.78, 5) is 34.5. The first-order valence-electron chi connectivity index (χ1n) is 10.4. The number of anilines is 2. The van der Waals surface area contributed by atoms with Crippen molar-refractivity contribution in [2.45, 2.75) is 13.1 Å². The second-order valence-electron chi connectivity index (χ2n) is 7.94. The van der Waals surface area contributed by atoms with Gasteiger partial charge in [-0.05, 0) is 34.1 Å². The molecule has 0 atom stereocenters. The van der Waals surface area contributed by atoms with E-state index in [1.165, 1.54) is 11.3 Å². The summed E-state index contributed by atoms with van der Waals surface area (Å²) >= 11 is 10.9. The number of halogens is 5. The van der Waals surface area contributed by atoms with Crippen LogP contribution in [0.25, 0.3) is 10.9 Å². The first-order valence-corrected chi connectivity index (χ1v) is 12.5. The highest BCUT2D eigenvalue weighted by molar-refractivity contribution is 9.11. The highest BCUT2D eigenvalue weighted by Gasteiger charge is 2.19. The third kappa shape index (κ3) is 5.04. The number of nitrogens with one attached hydrogen (secondary N) is 1. The Morgan fingerprint density at radius 3 is 2.51 bits per heavy atom. The topological polar surface area (TPSA) is 99.6 Å². The van der Waals surface area contributed by atoms with Crippen molar-refractivity contribution in [1.29, 1.82) is 0 Å². The lowest BCUT2D eigenvalue weighted by Gasteiger charge is -2.16. The van der Waals surface area contributed by atoms with Crippen LogP contribution in [-0.4, -0.2) is 28.9 Å². The van der Waals surface area contributed by atoms with E-state index in [9.17, 15) is 22.8 Å². The summed E-state index contributed by atoms with van der Waals surface area (Å²) in [5.41, 5.74) is -0.812. The highest BCUT2D eigenvalue weighted by atomic mass is 79.9. The molecule has 15 heteroatoms. The molecular weight excluding hydrogens is 599 g/mol. The van der Waals surface area contributed by atoms with E-state index < -0.39 is 35.4 Å². The molecule has 0 spiro atoms. The first-order chi connectivity index (χ1) is 17.6. The van der Waals surface area contributed by atoms with Gasteiger partial charge in [-0.15, -0.1) is 11.3 Å². The molecule has 3 aromatic heterocycles. The number of thiazole rings is 1. The standard InChI is InChI=1S/C22H14BrClF3N7O2S/c1-32-6-11-3-18(13(24)4-17(11)31-32)29-20-30-21(35)34(8-12-9-37-19(23)28-12)22(36)33(20)7-10-2-15(26)16(27)5-14(10)25/h2-6,9H,7-8H2,1H3,(H,29,30,35). The van der Waals surface area contributed by atoms with Gasteiger partial charge in [0.25, 0.3) is 0 Å². The summed E-state index contributed by atoms with van der Waals surface area (Å²) in [6.07, 6.45) is 1.73. The van der Waals surface area contributed by atoms with Crippen molar-refractivity contribution in [1.82, 2.24) is 28.9 Å². The fraction of sp³-hybridized carbons (Fsp3) is 0.136. The Morgan fingerprint density at radius 2 is 1.78 bits per heavy atom. The molecule has 0 bridgehead atoms. The van der Waals surface area contributed by atoms with Crippen molar-refractivity contribution in [2.24, 2.45) is 7.05 Å². The molecule has 5 aromatic rings. The maximum Gasteiger partial charge on any atom is 0.355 e. The second-order valence-corrected chi connectivity index (χ2v) is 10.5. The monoisotopic (exact) mass is 611 g/mol.